The number of carbonyl (C=O) groups is 1. The molecule has 0 spiro atoms. The van der Waals surface area contributed by atoms with Gasteiger partial charge in [0.15, 0.2) is 14.9 Å². The molecule has 4 rings (SSSR count). The van der Waals surface area contributed by atoms with Gasteiger partial charge in [-0.2, -0.15) is 5.10 Å². The van der Waals surface area contributed by atoms with Gasteiger partial charge >= 0.3 is 0 Å². The fourth-order valence-corrected chi connectivity index (χ4v) is 4.10. The normalized spacial score (nSPS) is 17.6. The summed E-state index contributed by atoms with van der Waals surface area (Å²) in [6, 6.07) is 6.50. The van der Waals surface area contributed by atoms with E-state index in [1.165, 1.54) is 13.0 Å². The van der Waals surface area contributed by atoms with Gasteiger partial charge in [0.2, 0.25) is 5.91 Å². The number of carbonyl (C=O) groups excluding carboxylic acids is 1. The molecule has 0 radical (unpaired) electrons. The first-order chi connectivity index (χ1) is 16.1. The molecule has 1 saturated carbocycles. The van der Waals surface area contributed by atoms with E-state index in [-0.39, 0.29) is 29.0 Å². The van der Waals surface area contributed by atoms with Crippen LogP contribution in [0.2, 0.25) is 0 Å². The van der Waals surface area contributed by atoms with Crippen molar-refractivity contribution in [3.63, 3.8) is 0 Å². The van der Waals surface area contributed by atoms with Gasteiger partial charge in [-0.3, -0.25) is 9.48 Å². The maximum Gasteiger partial charge on any atom is 0.222 e. The van der Waals surface area contributed by atoms with Gasteiger partial charge in [-0.1, -0.05) is 0 Å². The second-order valence-corrected chi connectivity index (χ2v) is 10.1. The number of aryl methyl sites for hydroxylation is 1. The van der Waals surface area contributed by atoms with Crippen LogP contribution in [0.15, 0.2) is 41.7 Å². The highest BCUT2D eigenvalue weighted by atomic mass is 32.2. The molecule has 0 saturated heterocycles. The monoisotopic (exact) mass is 486 g/mol. The van der Waals surface area contributed by atoms with Crippen molar-refractivity contribution in [2.45, 2.75) is 37.0 Å². The summed E-state index contributed by atoms with van der Waals surface area (Å²) >= 11 is 0. The Labute approximate surface area is 197 Å². The second-order valence-electron chi connectivity index (χ2n) is 8.16. The molecule has 0 aromatic carbocycles. The van der Waals surface area contributed by atoms with E-state index in [0.29, 0.717) is 28.5 Å². The van der Waals surface area contributed by atoms with Crippen LogP contribution >= 0.6 is 0 Å². The van der Waals surface area contributed by atoms with E-state index >= 15 is 0 Å². The Kier molecular flexibility index (Phi) is 6.53. The number of anilines is 3. The molecule has 0 unspecified atom stereocenters. The van der Waals surface area contributed by atoms with Crippen LogP contribution in [0.25, 0.3) is 11.3 Å². The molecule has 0 aliphatic heterocycles. The largest absolute Gasteiger partial charge is 0.490 e. The molecule has 1 aliphatic carbocycles. The molecule has 12 heteroatoms. The summed E-state index contributed by atoms with van der Waals surface area (Å²) in [5.41, 5.74) is 1.82. The summed E-state index contributed by atoms with van der Waals surface area (Å²) in [4.78, 5) is 20.1. The van der Waals surface area contributed by atoms with Crippen molar-refractivity contribution in [2.75, 3.05) is 24.0 Å². The Morgan fingerprint density at radius 1 is 1.18 bits per heavy atom. The SMILES string of the molecule is COC1CC(Oc2cc(Nc3cc(NC(C)=O)ncc3-c3ccn(C)n3)nc(S(C)(=O)=O)c2)C1. The smallest absolute Gasteiger partial charge is 0.222 e. The van der Waals surface area contributed by atoms with Crippen LogP contribution in [0.5, 0.6) is 5.75 Å². The Hall–Kier alpha value is -3.51. The van der Waals surface area contributed by atoms with Crippen LogP contribution in [0.1, 0.15) is 19.8 Å². The van der Waals surface area contributed by atoms with E-state index < -0.39 is 9.84 Å². The maximum atomic E-state index is 12.3. The average Bonchev–Trinajstić information content (AvgIpc) is 3.15. The molecule has 3 aromatic heterocycles. The third kappa shape index (κ3) is 5.51. The van der Waals surface area contributed by atoms with E-state index in [4.69, 9.17) is 9.47 Å². The number of rotatable bonds is 8. The number of hydrogen-bond acceptors (Lipinski definition) is 9. The first-order valence-corrected chi connectivity index (χ1v) is 12.5. The van der Waals surface area contributed by atoms with Crippen molar-refractivity contribution in [3.8, 4) is 17.0 Å². The number of aromatic nitrogens is 4. The lowest BCUT2D eigenvalue weighted by atomic mass is 9.92. The topological polar surface area (TPSA) is 137 Å². The first kappa shape index (κ1) is 23.6. The Morgan fingerprint density at radius 2 is 1.94 bits per heavy atom. The van der Waals surface area contributed by atoms with Crippen molar-refractivity contribution in [2.24, 2.45) is 7.05 Å². The summed E-state index contributed by atoms with van der Waals surface area (Å²) in [6.45, 7) is 1.39. The number of sulfone groups is 1. The van der Waals surface area contributed by atoms with Crippen molar-refractivity contribution >= 4 is 33.1 Å². The average molecular weight is 487 g/mol. The van der Waals surface area contributed by atoms with Gasteiger partial charge in [-0.05, 0) is 6.07 Å². The molecular formula is C22H26N6O5S. The summed E-state index contributed by atoms with van der Waals surface area (Å²) < 4.78 is 37.5. The van der Waals surface area contributed by atoms with E-state index in [1.54, 1.807) is 43.4 Å². The van der Waals surface area contributed by atoms with Gasteiger partial charge in [0, 0.05) is 76.3 Å². The van der Waals surface area contributed by atoms with E-state index in [1.807, 2.05) is 6.07 Å². The lowest BCUT2D eigenvalue weighted by Gasteiger charge is -2.34. The lowest BCUT2D eigenvalue weighted by Crippen LogP contribution is -2.38. The van der Waals surface area contributed by atoms with E-state index in [9.17, 15) is 13.2 Å². The van der Waals surface area contributed by atoms with Crippen molar-refractivity contribution < 1.29 is 22.7 Å². The van der Waals surface area contributed by atoms with Gasteiger partial charge < -0.3 is 20.1 Å². The molecule has 1 fully saturated rings. The predicted octanol–water partition coefficient (Wildman–Crippen LogP) is 2.54. The maximum absolute atomic E-state index is 12.3. The number of pyridine rings is 2. The summed E-state index contributed by atoms with van der Waals surface area (Å²) in [5.74, 6) is 0.697. The number of nitrogens with one attached hydrogen (secondary N) is 2. The zero-order valence-corrected chi connectivity index (χ0v) is 20.1. The van der Waals surface area contributed by atoms with Gasteiger partial charge in [0.05, 0.1) is 17.5 Å². The standard InChI is InChI=1S/C22H26N6O5S/c1-13(29)24-20-11-19(17(12-23-20)18-5-6-28(2)27-18)25-21-9-16(10-22(26-21)34(4,30)31)33-15-7-14(8-15)32-3/h5-6,9-12,14-15H,7-8H2,1-4H3,(H2,23,24,25,26,29). The molecule has 11 nitrogen and oxygen atoms in total. The van der Waals surface area contributed by atoms with Gasteiger partial charge in [0.25, 0.3) is 0 Å². The molecule has 1 amide bonds. The van der Waals surface area contributed by atoms with Crippen molar-refractivity contribution in [3.05, 3.63) is 36.7 Å². The van der Waals surface area contributed by atoms with Gasteiger partial charge in [-0.25, -0.2) is 18.4 Å². The fourth-order valence-electron chi connectivity index (χ4n) is 3.51. The highest BCUT2D eigenvalue weighted by Crippen LogP contribution is 2.33. The summed E-state index contributed by atoms with van der Waals surface area (Å²) in [6.07, 6.45) is 5.99. The Morgan fingerprint density at radius 3 is 2.56 bits per heavy atom. The number of nitrogens with zero attached hydrogens (tertiary/aromatic N) is 4. The van der Waals surface area contributed by atoms with Crippen LogP contribution in [-0.4, -0.2) is 59.6 Å². The van der Waals surface area contributed by atoms with Gasteiger partial charge in [0.1, 0.15) is 23.5 Å². The molecule has 0 atom stereocenters. The third-order valence-electron chi connectivity index (χ3n) is 5.30. The molecule has 1 aliphatic rings. The van der Waals surface area contributed by atoms with Gasteiger partial charge in [-0.15, -0.1) is 0 Å². The number of amides is 1. The molecular weight excluding hydrogens is 460 g/mol. The van der Waals surface area contributed by atoms with Crippen LogP contribution in [-0.2, 0) is 26.4 Å². The summed E-state index contributed by atoms with van der Waals surface area (Å²) in [7, 11) is -0.154. The predicted molar refractivity (Wildman–Crippen MR) is 126 cm³/mol. The zero-order chi connectivity index (χ0) is 24.5. The van der Waals surface area contributed by atoms with Crippen LogP contribution < -0.4 is 15.4 Å². The first-order valence-electron chi connectivity index (χ1n) is 10.6. The Balaban J connectivity index is 1.71. The van der Waals surface area contributed by atoms with E-state index in [0.717, 1.165) is 19.1 Å². The van der Waals surface area contributed by atoms with Crippen LogP contribution in [0.3, 0.4) is 0 Å². The lowest BCUT2D eigenvalue weighted by molar-refractivity contribution is -0.114. The molecule has 180 valence electrons. The quantitative estimate of drug-likeness (QED) is 0.492. The minimum atomic E-state index is -3.60. The highest BCUT2D eigenvalue weighted by molar-refractivity contribution is 7.90. The molecule has 34 heavy (non-hydrogen) atoms. The number of methoxy groups -OCH3 is 1. The van der Waals surface area contributed by atoms with Crippen molar-refractivity contribution in [1.82, 2.24) is 19.7 Å². The molecule has 2 N–H and O–H groups in total. The minimum absolute atomic E-state index is 0.0658. The number of hydrogen-bond donors (Lipinski definition) is 2. The number of ether oxygens (including phenoxy) is 2. The molecule has 3 aromatic rings. The van der Waals surface area contributed by atoms with E-state index in [2.05, 4.69) is 25.7 Å². The molecule has 0 bridgehead atoms. The molecule has 3 heterocycles. The third-order valence-corrected chi connectivity index (χ3v) is 6.27. The van der Waals surface area contributed by atoms with Crippen LogP contribution in [0.4, 0.5) is 17.3 Å². The van der Waals surface area contributed by atoms with Crippen molar-refractivity contribution in [1.29, 1.82) is 0 Å². The minimum Gasteiger partial charge on any atom is -0.490 e. The fraction of sp³-hybridized carbons (Fsp3) is 0.364. The van der Waals surface area contributed by atoms with Crippen LogP contribution in [0, 0.1) is 0 Å². The highest BCUT2D eigenvalue weighted by Gasteiger charge is 2.31. The Bertz CT molecular complexity index is 1320. The second kappa shape index (κ2) is 9.39. The zero-order valence-electron chi connectivity index (χ0n) is 19.3. The summed E-state index contributed by atoms with van der Waals surface area (Å²) in [5, 5.41) is 10.1.